The quantitative estimate of drug-likeness (QED) is 0.0243. The third-order valence-electron chi connectivity index (χ3n) is 15.5. The van der Waals surface area contributed by atoms with Gasteiger partial charge in [0, 0.05) is 6.42 Å². The molecule has 0 aromatic rings. The maximum Gasteiger partial charge on any atom is 0.472 e. The summed E-state index contributed by atoms with van der Waals surface area (Å²) in [5.74, 6) is -0.136. The molecule has 75 heavy (non-hydrogen) atoms. The molecule has 0 radical (unpaired) electrons. The van der Waals surface area contributed by atoms with E-state index in [2.05, 4.69) is 43.5 Å². The molecule has 0 aromatic heterocycles. The van der Waals surface area contributed by atoms with Crippen molar-refractivity contribution in [2.24, 2.45) is 0 Å². The van der Waals surface area contributed by atoms with Crippen LogP contribution in [0.1, 0.15) is 341 Å². The lowest BCUT2D eigenvalue weighted by molar-refractivity contribution is -0.870. The van der Waals surface area contributed by atoms with Gasteiger partial charge in [-0.15, -0.1) is 0 Å². The molecular formula is C66H132N2O6P+. The zero-order valence-electron chi connectivity index (χ0n) is 51.1. The zero-order valence-corrected chi connectivity index (χ0v) is 52.0. The summed E-state index contributed by atoms with van der Waals surface area (Å²) in [7, 11) is 1.63. The van der Waals surface area contributed by atoms with Crippen molar-refractivity contribution < 1.29 is 32.9 Å². The molecule has 0 aliphatic carbocycles. The van der Waals surface area contributed by atoms with Crippen LogP contribution in [0.2, 0.25) is 0 Å². The first kappa shape index (κ1) is 74.0. The highest BCUT2D eigenvalue weighted by Gasteiger charge is 2.28. The van der Waals surface area contributed by atoms with Gasteiger partial charge in [0.05, 0.1) is 39.9 Å². The van der Waals surface area contributed by atoms with Crippen LogP contribution in [0.15, 0.2) is 24.3 Å². The minimum absolute atomic E-state index is 0.0777. The summed E-state index contributed by atoms with van der Waals surface area (Å²) in [6.45, 7) is 4.93. The number of phosphoric acid groups is 1. The standard InChI is InChI=1S/C66H131N2O6P/c1-6-8-10-12-14-16-18-20-22-24-26-27-28-29-30-31-32-33-34-35-36-37-38-39-40-41-42-44-46-48-50-52-54-56-58-60-66(70)67-64(63-74-75(71,72)73-62-61-68(3,4)5)65(69)59-57-55-53-51-49-47-45-43-25-23-21-19-17-15-13-11-9-7-2/h18,20,24,26,64-65,69H,6-17,19,21-23,25,27-63H2,1-5H3,(H-,67,70,71,72)/p+1/b20-18-,26-24-. The van der Waals surface area contributed by atoms with Gasteiger partial charge in [-0.1, -0.05) is 314 Å². The van der Waals surface area contributed by atoms with Gasteiger partial charge in [0.25, 0.3) is 0 Å². The largest absolute Gasteiger partial charge is 0.472 e. The molecule has 3 N–H and O–H groups in total. The van der Waals surface area contributed by atoms with Gasteiger partial charge in [0.1, 0.15) is 13.2 Å². The molecule has 3 unspecified atom stereocenters. The number of amides is 1. The Kier molecular flexibility index (Phi) is 56.9. The second-order valence-corrected chi connectivity index (χ2v) is 25.7. The number of aliphatic hydroxyl groups is 1. The van der Waals surface area contributed by atoms with E-state index in [-0.39, 0.29) is 19.1 Å². The molecule has 0 rings (SSSR count). The van der Waals surface area contributed by atoms with Crippen LogP contribution in [0.4, 0.5) is 0 Å². The van der Waals surface area contributed by atoms with Crippen molar-refractivity contribution >= 4 is 13.7 Å². The van der Waals surface area contributed by atoms with Crippen LogP contribution in [0.25, 0.3) is 0 Å². The molecule has 0 bridgehead atoms. The molecule has 1 amide bonds. The minimum atomic E-state index is -4.32. The summed E-state index contributed by atoms with van der Waals surface area (Å²) < 4.78 is 23.8. The Bertz CT molecular complexity index is 1270. The first-order valence-corrected chi connectivity index (χ1v) is 34.7. The van der Waals surface area contributed by atoms with Gasteiger partial charge in [0.15, 0.2) is 0 Å². The lowest BCUT2D eigenvalue weighted by Crippen LogP contribution is -2.46. The smallest absolute Gasteiger partial charge is 0.391 e. The highest BCUT2D eigenvalue weighted by molar-refractivity contribution is 7.47. The molecular weight excluding hydrogens is 948 g/mol. The number of aliphatic hydroxyl groups excluding tert-OH is 1. The van der Waals surface area contributed by atoms with E-state index >= 15 is 0 Å². The van der Waals surface area contributed by atoms with Crippen molar-refractivity contribution in [3.8, 4) is 0 Å². The van der Waals surface area contributed by atoms with E-state index < -0.39 is 20.0 Å². The van der Waals surface area contributed by atoms with E-state index in [4.69, 9.17) is 9.05 Å². The van der Waals surface area contributed by atoms with Crippen molar-refractivity contribution in [1.82, 2.24) is 5.32 Å². The number of carbonyl (C=O) groups is 1. The molecule has 0 aromatic carbocycles. The van der Waals surface area contributed by atoms with Crippen molar-refractivity contribution in [1.29, 1.82) is 0 Å². The number of rotatable bonds is 62. The fourth-order valence-electron chi connectivity index (χ4n) is 10.3. The molecule has 9 heteroatoms. The molecule has 0 saturated carbocycles. The zero-order chi connectivity index (χ0) is 54.9. The molecule has 0 spiro atoms. The predicted molar refractivity (Wildman–Crippen MR) is 328 cm³/mol. The summed E-state index contributed by atoms with van der Waals surface area (Å²) in [5.41, 5.74) is 0. The Labute approximate surface area is 468 Å². The number of likely N-dealkylation sites (N-methyl/N-ethyl adjacent to an activating group) is 1. The van der Waals surface area contributed by atoms with Crippen LogP contribution in [0, 0.1) is 0 Å². The Morgan fingerprint density at radius 2 is 0.760 bits per heavy atom. The minimum Gasteiger partial charge on any atom is -0.391 e. The molecule has 8 nitrogen and oxygen atoms in total. The number of quaternary nitrogens is 1. The molecule has 446 valence electrons. The van der Waals surface area contributed by atoms with Crippen molar-refractivity contribution in [2.75, 3.05) is 40.9 Å². The van der Waals surface area contributed by atoms with E-state index in [9.17, 15) is 19.4 Å². The van der Waals surface area contributed by atoms with Gasteiger partial charge in [-0.2, -0.15) is 0 Å². The third-order valence-corrected chi connectivity index (χ3v) is 16.4. The number of carbonyl (C=O) groups excluding carboxylic acids is 1. The summed E-state index contributed by atoms with van der Waals surface area (Å²) in [6, 6.07) is -0.758. The monoisotopic (exact) mass is 1080 g/mol. The molecule has 0 heterocycles. The molecule has 0 aliphatic rings. The number of phosphoric ester groups is 1. The van der Waals surface area contributed by atoms with Crippen LogP contribution in [-0.4, -0.2) is 73.4 Å². The maximum atomic E-state index is 13.0. The first-order valence-electron chi connectivity index (χ1n) is 33.2. The fourth-order valence-corrected chi connectivity index (χ4v) is 11.0. The summed E-state index contributed by atoms with van der Waals surface area (Å²) in [4.78, 5) is 23.4. The lowest BCUT2D eigenvalue weighted by Gasteiger charge is -2.26. The Morgan fingerprint density at radius 1 is 0.453 bits per heavy atom. The van der Waals surface area contributed by atoms with Crippen LogP contribution in [-0.2, 0) is 18.4 Å². The highest BCUT2D eigenvalue weighted by atomic mass is 31.2. The van der Waals surface area contributed by atoms with Gasteiger partial charge in [-0.3, -0.25) is 13.8 Å². The highest BCUT2D eigenvalue weighted by Crippen LogP contribution is 2.43. The first-order chi connectivity index (χ1) is 36.5. The number of hydrogen-bond acceptors (Lipinski definition) is 5. The van der Waals surface area contributed by atoms with Crippen LogP contribution >= 0.6 is 7.82 Å². The normalized spacial score (nSPS) is 13.9. The van der Waals surface area contributed by atoms with E-state index in [1.165, 1.54) is 270 Å². The van der Waals surface area contributed by atoms with E-state index in [0.717, 1.165) is 44.9 Å². The third kappa shape index (κ3) is 60.5. The number of nitrogens with zero attached hydrogens (tertiary/aromatic N) is 1. The van der Waals surface area contributed by atoms with E-state index in [1.807, 2.05) is 21.1 Å². The fraction of sp³-hybridized carbons (Fsp3) is 0.924. The summed E-state index contributed by atoms with van der Waals surface area (Å²) >= 11 is 0. The second kappa shape index (κ2) is 57.7. The van der Waals surface area contributed by atoms with Gasteiger partial charge in [0.2, 0.25) is 5.91 Å². The predicted octanol–water partition coefficient (Wildman–Crippen LogP) is 20.7. The van der Waals surface area contributed by atoms with Gasteiger partial charge < -0.3 is 19.8 Å². The van der Waals surface area contributed by atoms with Gasteiger partial charge in [-0.25, -0.2) is 4.57 Å². The summed E-state index contributed by atoms with van der Waals surface area (Å²) in [5, 5.41) is 14.1. The summed E-state index contributed by atoms with van der Waals surface area (Å²) in [6.07, 6.45) is 74.1. The average Bonchev–Trinajstić information content (AvgIpc) is 3.37. The molecule has 3 atom stereocenters. The van der Waals surface area contributed by atoms with Gasteiger partial charge >= 0.3 is 7.82 Å². The van der Waals surface area contributed by atoms with Crippen LogP contribution < -0.4 is 5.32 Å². The number of unbranched alkanes of at least 4 members (excludes halogenated alkanes) is 45. The van der Waals surface area contributed by atoms with Crippen LogP contribution in [0.5, 0.6) is 0 Å². The van der Waals surface area contributed by atoms with Crippen molar-refractivity contribution in [2.45, 2.75) is 353 Å². The Balaban J connectivity index is 3.94. The lowest BCUT2D eigenvalue weighted by atomic mass is 10.0. The topological polar surface area (TPSA) is 105 Å². The molecule has 0 fully saturated rings. The molecule has 0 saturated heterocycles. The second-order valence-electron chi connectivity index (χ2n) is 24.2. The van der Waals surface area contributed by atoms with Crippen molar-refractivity contribution in [3.05, 3.63) is 24.3 Å². The Hall–Kier alpha value is -1.02. The van der Waals surface area contributed by atoms with Crippen LogP contribution in [0.3, 0.4) is 0 Å². The van der Waals surface area contributed by atoms with Gasteiger partial charge in [-0.05, 0) is 44.9 Å². The SMILES string of the molecule is CCCCCCC/C=C\C/C=C\CCCCCCCCCCCCCCCCCCCCCCCCCC(=O)NC(COP(=O)(O)OCC[N+](C)(C)C)C(O)CCCCCCCCCCCCCCCCCCCC. The number of allylic oxidation sites excluding steroid dienone is 4. The van der Waals surface area contributed by atoms with E-state index in [0.29, 0.717) is 23.9 Å². The number of nitrogens with one attached hydrogen (secondary N) is 1. The van der Waals surface area contributed by atoms with Crippen molar-refractivity contribution in [3.63, 3.8) is 0 Å². The maximum absolute atomic E-state index is 13.0. The average molecular weight is 1080 g/mol. The van der Waals surface area contributed by atoms with E-state index in [1.54, 1.807) is 0 Å². The number of hydrogen-bond donors (Lipinski definition) is 3. The molecule has 0 aliphatic heterocycles. The Morgan fingerprint density at radius 3 is 1.09 bits per heavy atom.